The molecule has 2 N–H and O–H groups in total. The number of aliphatic hydroxyl groups is 1. The van der Waals surface area contributed by atoms with E-state index in [2.05, 4.69) is 5.32 Å². The lowest BCUT2D eigenvalue weighted by atomic mass is 10.0. The second kappa shape index (κ2) is 6.19. The zero-order chi connectivity index (χ0) is 14.9. The Morgan fingerprint density at radius 1 is 1.50 bits per heavy atom. The first-order valence-electron chi connectivity index (χ1n) is 6.88. The van der Waals surface area contributed by atoms with Gasteiger partial charge in [-0.2, -0.15) is 0 Å². The molecule has 0 bridgehead atoms. The Morgan fingerprint density at radius 2 is 2.20 bits per heavy atom. The molecule has 0 spiro atoms. The summed E-state index contributed by atoms with van der Waals surface area (Å²) in [4.78, 5) is 11.3. The summed E-state index contributed by atoms with van der Waals surface area (Å²) < 4.78 is 17.2. The van der Waals surface area contributed by atoms with Gasteiger partial charge in [-0.1, -0.05) is 6.92 Å². The Hall–Kier alpha value is -0.340. The third kappa shape index (κ3) is 3.46. The van der Waals surface area contributed by atoms with Gasteiger partial charge in [-0.05, 0) is 19.6 Å². The Balaban J connectivity index is 2.06. The van der Waals surface area contributed by atoms with E-state index >= 15 is 0 Å². The fourth-order valence-electron chi connectivity index (χ4n) is 2.57. The van der Waals surface area contributed by atoms with Gasteiger partial charge in [0.15, 0.2) is 5.79 Å². The monoisotopic (exact) mass is 305 g/mol. The SMILES string of the molecule is CCSC1OC(C2COC(C)(C)O2)C(O)C1NC(C)=O. The summed E-state index contributed by atoms with van der Waals surface area (Å²) in [5.41, 5.74) is -0.267. The zero-order valence-corrected chi connectivity index (χ0v) is 13.1. The Labute approximate surface area is 123 Å². The number of rotatable bonds is 4. The third-order valence-corrected chi connectivity index (χ3v) is 4.45. The van der Waals surface area contributed by atoms with Crippen LogP contribution in [0.25, 0.3) is 0 Å². The van der Waals surface area contributed by atoms with Crippen LogP contribution in [-0.4, -0.2) is 59.0 Å². The largest absolute Gasteiger partial charge is 0.388 e. The van der Waals surface area contributed by atoms with Gasteiger partial charge in [0.2, 0.25) is 5.91 Å². The molecular formula is C13H23NO5S. The molecule has 6 nitrogen and oxygen atoms in total. The molecule has 116 valence electrons. The van der Waals surface area contributed by atoms with Crippen molar-refractivity contribution in [2.24, 2.45) is 0 Å². The molecule has 0 radical (unpaired) electrons. The maximum absolute atomic E-state index is 11.3. The average Bonchev–Trinajstić information content (AvgIpc) is 2.83. The highest BCUT2D eigenvalue weighted by Gasteiger charge is 2.51. The highest BCUT2D eigenvalue weighted by Crippen LogP contribution is 2.35. The van der Waals surface area contributed by atoms with Gasteiger partial charge in [0.25, 0.3) is 0 Å². The number of thioether (sulfide) groups is 1. The summed E-state index contributed by atoms with van der Waals surface area (Å²) in [5, 5.41) is 13.2. The molecule has 20 heavy (non-hydrogen) atoms. The molecule has 2 rings (SSSR count). The first kappa shape index (κ1) is 16.0. The summed E-state index contributed by atoms with van der Waals surface area (Å²) in [6.45, 7) is 7.49. The number of nitrogens with one attached hydrogen (secondary N) is 1. The molecule has 2 fully saturated rings. The predicted molar refractivity (Wildman–Crippen MR) is 75.3 cm³/mol. The predicted octanol–water partition coefficient (Wildman–Crippen LogP) is 0.481. The molecule has 5 atom stereocenters. The van der Waals surface area contributed by atoms with Crippen LogP contribution in [0.15, 0.2) is 0 Å². The lowest BCUT2D eigenvalue weighted by Gasteiger charge is -2.23. The Morgan fingerprint density at radius 3 is 2.70 bits per heavy atom. The number of amides is 1. The molecule has 5 unspecified atom stereocenters. The van der Waals surface area contributed by atoms with Crippen molar-refractivity contribution in [2.75, 3.05) is 12.4 Å². The van der Waals surface area contributed by atoms with E-state index in [1.807, 2.05) is 20.8 Å². The van der Waals surface area contributed by atoms with Gasteiger partial charge in [-0.15, -0.1) is 11.8 Å². The van der Waals surface area contributed by atoms with E-state index in [-0.39, 0.29) is 17.4 Å². The minimum Gasteiger partial charge on any atom is -0.388 e. The second-order valence-electron chi connectivity index (χ2n) is 5.51. The van der Waals surface area contributed by atoms with Gasteiger partial charge in [0.05, 0.1) is 12.6 Å². The van der Waals surface area contributed by atoms with E-state index in [9.17, 15) is 9.90 Å². The average molecular weight is 305 g/mol. The lowest BCUT2D eigenvalue weighted by Crippen LogP contribution is -2.48. The van der Waals surface area contributed by atoms with Crippen molar-refractivity contribution in [3.8, 4) is 0 Å². The van der Waals surface area contributed by atoms with Crippen molar-refractivity contribution in [2.45, 2.75) is 63.3 Å². The topological polar surface area (TPSA) is 77.0 Å². The highest BCUT2D eigenvalue weighted by molar-refractivity contribution is 7.99. The highest BCUT2D eigenvalue weighted by atomic mass is 32.2. The number of aliphatic hydroxyl groups excluding tert-OH is 1. The van der Waals surface area contributed by atoms with E-state index in [1.54, 1.807) is 11.8 Å². The first-order valence-corrected chi connectivity index (χ1v) is 7.93. The van der Waals surface area contributed by atoms with Crippen LogP contribution in [0.4, 0.5) is 0 Å². The third-order valence-electron chi connectivity index (χ3n) is 3.39. The standard InChI is InChI=1S/C13H23NO5S/c1-5-20-12-9(14-7(2)15)10(16)11(18-12)8-6-17-13(3,4)19-8/h8-12,16H,5-6H2,1-4H3,(H,14,15). The quantitative estimate of drug-likeness (QED) is 0.787. The number of carbonyl (C=O) groups is 1. The second-order valence-corrected chi connectivity index (χ2v) is 6.88. The summed E-state index contributed by atoms with van der Waals surface area (Å²) in [6.07, 6.45) is -1.61. The maximum atomic E-state index is 11.3. The van der Waals surface area contributed by atoms with Gasteiger partial charge in [-0.3, -0.25) is 4.79 Å². The molecule has 2 saturated heterocycles. The summed E-state index contributed by atoms with van der Waals surface area (Å²) >= 11 is 1.56. The smallest absolute Gasteiger partial charge is 0.217 e. The van der Waals surface area contributed by atoms with Crippen molar-refractivity contribution in [1.29, 1.82) is 0 Å². The molecular weight excluding hydrogens is 282 g/mol. The minimum absolute atomic E-state index is 0.177. The van der Waals surface area contributed by atoms with E-state index < -0.39 is 24.0 Å². The molecule has 0 aliphatic carbocycles. The first-order chi connectivity index (χ1) is 9.34. The van der Waals surface area contributed by atoms with Crippen LogP contribution in [-0.2, 0) is 19.0 Å². The van der Waals surface area contributed by atoms with Crippen molar-refractivity contribution in [3.63, 3.8) is 0 Å². The molecule has 1 amide bonds. The number of carbonyl (C=O) groups excluding carboxylic acids is 1. The van der Waals surface area contributed by atoms with Crippen molar-refractivity contribution >= 4 is 17.7 Å². The number of hydrogen-bond acceptors (Lipinski definition) is 6. The zero-order valence-electron chi connectivity index (χ0n) is 12.3. The lowest BCUT2D eigenvalue weighted by molar-refractivity contribution is -0.158. The summed E-state index contributed by atoms with van der Waals surface area (Å²) in [6, 6.07) is -0.422. The van der Waals surface area contributed by atoms with Crippen LogP contribution < -0.4 is 5.32 Å². The van der Waals surface area contributed by atoms with Gasteiger partial charge in [0, 0.05) is 6.92 Å². The molecule has 2 heterocycles. The van der Waals surface area contributed by atoms with E-state index in [1.165, 1.54) is 6.92 Å². The van der Waals surface area contributed by atoms with Crippen molar-refractivity contribution in [3.05, 3.63) is 0 Å². The van der Waals surface area contributed by atoms with Gasteiger partial charge < -0.3 is 24.6 Å². The molecule has 2 aliphatic rings. The molecule has 2 aliphatic heterocycles. The van der Waals surface area contributed by atoms with Crippen molar-refractivity contribution < 1.29 is 24.1 Å². The summed E-state index contributed by atoms with van der Waals surface area (Å²) in [5.74, 6) is 0.00457. The van der Waals surface area contributed by atoms with E-state index in [0.29, 0.717) is 6.61 Å². The molecule has 0 aromatic heterocycles. The Kier molecular flexibility index (Phi) is 4.96. The van der Waals surface area contributed by atoms with Crippen molar-refractivity contribution in [1.82, 2.24) is 5.32 Å². The molecule has 0 aromatic rings. The van der Waals surface area contributed by atoms with E-state index in [0.717, 1.165) is 5.75 Å². The molecule has 7 heteroatoms. The Bertz CT molecular complexity index is 365. The molecule has 0 saturated carbocycles. The van der Waals surface area contributed by atoms with Gasteiger partial charge in [0.1, 0.15) is 23.7 Å². The fourth-order valence-corrected chi connectivity index (χ4v) is 3.54. The maximum Gasteiger partial charge on any atom is 0.217 e. The van der Waals surface area contributed by atoms with E-state index in [4.69, 9.17) is 14.2 Å². The number of ether oxygens (including phenoxy) is 3. The van der Waals surface area contributed by atoms with Crippen LogP contribution >= 0.6 is 11.8 Å². The summed E-state index contributed by atoms with van der Waals surface area (Å²) in [7, 11) is 0. The molecule has 0 aromatic carbocycles. The van der Waals surface area contributed by atoms with Crippen LogP contribution in [0, 0.1) is 0 Å². The fraction of sp³-hybridized carbons (Fsp3) is 0.923. The normalized spacial score (nSPS) is 40.0. The van der Waals surface area contributed by atoms with Gasteiger partial charge in [-0.25, -0.2) is 0 Å². The number of hydrogen-bond donors (Lipinski definition) is 2. The van der Waals surface area contributed by atoms with Crippen LogP contribution in [0.1, 0.15) is 27.7 Å². The van der Waals surface area contributed by atoms with Crippen LogP contribution in [0.5, 0.6) is 0 Å². The minimum atomic E-state index is -0.801. The van der Waals surface area contributed by atoms with Crippen LogP contribution in [0.3, 0.4) is 0 Å². The van der Waals surface area contributed by atoms with Crippen LogP contribution in [0.2, 0.25) is 0 Å². The van der Waals surface area contributed by atoms with Gasteiger partial charge >= 0.3 is 0 Å².